The van der Waals surface area contributed by atoms with Gasteiger partial charge in [0, 0.05) is 10.8 Å². The van der Waals surface area contributed by atoms with Crippen molar-refractivity contribution in [1.82, 2.24) is 9.71 Å². The van der Waals surface area contributed by atoms with E-state index in [-0.39, 0.29) is 16.9 Å². The van der Waals surface area contributed by atoms with Crippen LogP contribution in [0.15, 0.2) is 28.5 Å². The van der Waals surface area contributed by atoms with Crippen LogP contribution in [0.1, 0.15) is 37.0 Å². The maximum atomic E-state index is 13.8. The summed E-state index contributed by atoms with van der Waals surface area (Å²) in [4.78, 5) is 4.12. The molecular weight excluding hydrogens is 323 g/mol. The van der Waals surface area contributed by atoms with E-state index in [2.05, 4.69) is 9.71 Å². The predicted molar refractivity (Wildman–Crippen MR) is 86.0 cm³/mol. The van der Waals surface area contributed by atoms with Gasteiger partial charge in [-0.25, -0.2) is 22.5 Å². The number of halogens is 1. The van der Waals surface area contributed by atoms with Gasteiger partial charge in [0.2, 0.25) is 10.0 Å². The molecule has 0 saturated carbocycles. The zero-order valence-corrected chi connectivity index (χ0v) is 14.6. The summed E-state index contributed by atoms with van der Waals surface area (Å²) in [6, 6.07) is 4.20. The van der Waals surface area contributed by atoms with Crippen molar-refractivity contribution in [3.05, 3.63) is 45.7 Å². The second kappa shape index (κ2) is 6.06. The van der Waals surface area contributed by atoms with Gasteiger partial charge in [-0.1, -0.05) is 32.9 Å². The Morgan fingerprint density at radius 2 is 2.00 bits per heavy atom. The minimum atomic E-state index is -3.90. The standard InChI is InChI=1S/C15H19FN2O2S2/c1-10-6-5-7-11(16)14(10)22(19,20)17-8-13-18-12(9-21-13)15(2,3)4/h5-7,9,17H,8H2,1-4H3. The maximum Gasteiger partial charge on any atom is 0.244 e. The number of hydrogen-bond donors (Lipinski definition) is 1. The van der Waals surface area contributed by atoms with Crippen molar-refractivity contribution in [2.45, 2.75) is 44.6 Å². The van der Waals surface area contributed by atoms with Crippen LogP contribution >= 0.6 is 11.3 Å². The van der Waals surface area contributed by atoms with Crippen molar-refractivity contribution in [1.29, 1.82) is 0 Å². The van der Waals surface area contributed by atoms with Crippen LogP contribution in [-0.4, -0.2) is 13.4 Å². The molecule has 0 aliphatic carbocycles. The Morgan fingerprint density at radius 1 is 1.32 bits per heavy atom. The third-order valence-electron chi connectivity index (χ3n) is 3.17. The third-order valence-corrected chi connectivity index (χ3v) is 5.59. The Bertz CT molecular complexity index is 757. The van der Waals surface area contributed by atoms with Gasteiger partial charge in [-0.2, -0.15) is 0 Å². The number of rotatable bonds is 4. The van der Waals surface area contributed by atoms with E-state index in [0.717, 1.165) is 11.8 Å². The fraction of sp³-hybridized carbons (Fsp3) is 0.400. The molecule has 0 amide bonds. The van der Waals surface area contributed by atoms with Crippen LogP contribution in [-0.2, 0) is 22.0 Å². The van der Waals surface area contributed by atoms with Crippen LogP contribution in [0, 0.1) is 12.7 Å². The van der Waals surface area contributed by atoms with Crippen LogP contribution < -0.4 is 4.72 Å². The van der Waals surface area contributed by atoms with E-state index in [9.17, 15) is 12.8 Å². The number of thiazole rings is 1. The van der Waals surface area contributed by atoms with Gasteiger partial charge < -0.3 is 0 Å². The van der Waals surface area contributed by atoms with E-state index in [4.69, 9.17) is 0 Å². The van der Waals surface area contributed by atoms with Crippen molar-refractivity contribution in [3.63, 3.8) is 0 Å². The summed E-state index contributed by atoms with van der Waals surface area (Å²) in [5.74, 6) is -0.748. The molecule has 7 heteroatoms. The molecule has 0 saturated heterocycles. The number of hydrogen-bond acceptors (Lipinski definition) is 4. The number of benzene rings is 1. The van der Waals surface area contributed by atoms with Crippen molar-refractivity contribution < 1.29 is 12.8 Å². The molecule has 2 rings (SSSR count). The second-order valence-corrected chi connectivity index (χ2v) is 8.73. The van der Waals surface area contributed by atoms with Gasteiger partial charge in [0.1, 0.15) is 15.7 Å². The van der Waals surface area contributed by atoms with E-state index < -0.39 is 15.8 Å². The molecule has 1 aromatic carbocycles. The molecule has 1 heterocycles. The van der Waals surface area contributed by atoms with Crippen molar-refractivity contribution >= 4 is 21.4 Å². The van der Waals surface area contributed by atoms with Crippen molar-refractivity contribution in [2.24, 2.45) is 0 Å². The fourth-order valence-corrected chi connectivity index (χ4v) is 4.26. The van der Waals surface area contributed by atoms with Crippen LogP contribution in [0.5, 0.6) is 0 Å². The Kier molecular flexibility index (Phi) is 4.70. The number of nitrogens with zero attached hydrogens (tertiary/aromatic N) is 1. The summed E-state index contributed by atoms with van der Waals surface area (Å²) in [7, 11) is -3.90. The van der Waals surface area contributed by atoms with E-state index in [1.54, 1.807) is 13.0 Å². The molecule has 2 aromatic rings. The lowest BCUT2D eigenvalue weighted by Crippen LogP contribution is -2.25. The minimum Gasteiger partial charge on any atom is -0.244 e. The Morgan fingerprint density at radius 3 is 2.55 bits per heavy atom. The largest absolute Gasteiger partial charge is 0.244 e. The second-order valence-electron chi connectivity index (χ2n) is 6.09. The lowest BCUT2D eigenvalue weighted by molar-refractivity contribution is 0.553. The average Bonchev–Trinajstić information content (AvgIpc) is 2.84. The smallest absolute Gasteiger partial charge is 0.244 e. The van der Waals surface area contributed by atoms with Gasteiger partial charge in [-0.05, 0) is 18.6 Å². The quantitative estimate of drug-likeness (QED) is 0.927. The highest BCUT2D eigenvalue weighted by molar-refractivity contribution is 7.89. The topological polar surface area (TPSA) is 59.1 Å². The normalized spacial score (nSPS) is 12.6. The first-order valence-electron chi connectivity index (χ1n) is 6.81. The van der Waals surface area contributed by atoms with Crippen molar-refractivity contribution in [3.8, 4) is 0 Å². The molecule has 0 spiro atoms. The molecule has 0 aliphatic rings. The summed E-state index contributed by atoms with van der Waals surface area (Å²) >= 11 is 1.39. The summed E-state index contributed by atoms with van der Waals surface area (Å²) in [6.07, 6.45) is 0. The fourth-order valence-electron chi connectivity index (χ4n) is 1.92. The van der Waals surface area contributed by atoms with Crippen LogP contribution in [0.2, 0.25) is 0 Å². The van der Waals surface area contributed by atoms with E-state index in [1.165, 1.54) is 17.4 Å². The van der Waals surface area contributed by atoms with E-state index >= 15 is 0 Å². The first-order valence-corrected chi connectivity index (χ1v) is 9.17. The number of aryl methyl sites for hydroxylation is 1. The summed E-state index contributed by atoms with van der Waals surface area (Å²) < 4.78 is 40.8. The maximum absolute atomic E-state index is 13.8. The lowest BCUT2D eigenvalue weighted by Gasteiger charge is -2.14. The van der Waals surface area contributed by atoms with Crippen LogP contribution in [0.4, 0.5) is 4.39 Å². The summed E-state index contributed by atoms with van der Waals surface area (Å²) in [6.45, 7) is 7.74. The van der Waals surface area contributed by atoms with Gasteiger partial charge in [0.05, 0.1) is 12.2 Å². The molecule has 0 atom stereocenters. The molecule has 120 valence electrons. The average molecular weight is 342 g/mol. The van der Waals surface area contributed by atoms with Gasteiger partial charge in [0.25, 0.3) is 0 Å². The molecular formula is C15H19FN2O2S2. The van der Waals surface area contributed by atoms with Gasteiger partial charge in [-0.3, -0.25) is 0 Å². The molecule has 0 aliphatic heterocycles. The predicted octanol–water partition coefficient (Wildman–Crippen LogP) is 3.37. The molecule has 0 unspecified atom stereocenters. The monoisotopic (exact) mass is 342 g/mol. The number of sulfonamides is 1. The zero-order chi connectivity index (χ0) is 16.5. The molecule has 0 bridgehead atoms. The highest BCUT2D eigenvalue weighted by Gasteiger charge is 2.22. The molecule has 0 fully saturated rings. The third kappa shape index (κ3) is 3.71. The highest BCUT2D eigenvalue weighted by atomic mass is 32.2. The van der Waals surface area contributed by atoms with Gasteiger partial charge in [-0.15, -0.1) is 11.3 Å². The zero-order valence-electron chi connectivity index (χ0n) is 13.0. The van der Waals surface area contributed by atoms with E-state index in [0.29, 0.717) is 10.6 Å². The Labute approximate surface area is 134 Å². The summed E-state index contributed by atoms with van der Waals surface area (Å²) in [5.41, 5.74) is 1.20. The SMILES string of the molecule is Cc1cccc(F)c1S(=O)(=O)NCc1nc(C(C)(C)C)cs1. The molecule has 4 nitrogen and oxygen atoms in total. The first kappa shape index (κ1) is 17.1. The number of nitrogens with one attached hydrogen (secondary N) is 1. The van der Waals surface area contributed by atoms with Crippen LogP contribution in [0.25, 0.3) is 0 Å². The molecule has 1 N–H and O–H groups in total. The Balaban J connectivity index is 2.19. The van der Waals surface area contributed by atoms with Gasteiger partial charge >= 0.3 is 0 Å². The van der Waals surface area contributed by atoms with Gasteiger partial charge in [0.15, 0.2) is 0 Å². The molecule has 22 heavy (non-hydrogen) atoms. The molecule has 0 radical (unpaired) electrons. The van der Waals surface area contributed by atoms with Crippen molar-refractivity contribution in [2.75, 3.05) is 0 Å². The number of aromatic nitrogens is 1. The van der Waals surface area contributed by atoms with Crippen LogP contribution in [0.3, 0.4) is 0 Å². The minimum absolute atomic E-state index is 0.0524. The lowest BCUT2D eigenvalue weighted by atomic mass is 9.93. The van der Waals surface area contributed by atoms with E-state index in [1.807, 2.05) is 26.2 Å². The summed E-state index contributed by atoms with van der Waals surface area (Å²) in [5, 5.41) is 2.57. The first-order chi connectivity index (χ1) is 10.1. The Hall–Kier alpha value is -1.31. The highest BCUT2D eigenvalue weighted by Crippen LogP contribution is 2.24. The molecule has 1 aromatic heterocycles.